The van der Waals surface area contributed by atoms with Crippen LogP contribution >= 0.6 is 0 Å². The molecule has 2 aromatic carbocycles. The number of hydrogen-bond donors (Lipinski definition) is 1. The average molecular weight is 311 g/mol. The predicted octanol–water partition coefficient (Wildman–Crippen LogP) is 4.02. The number of fused-ring (bicyclic) bond motifs is 1. The first-order chi connectivity index (χ1) is 11.1. The van der Waals surface area contributed by atoms with Gasteiger partial charge in [0.15, 0.2) is 0 Å². The Kier molecular flexibility index (Phi) is 4.58. The van der Waals surface area contributed by atoms with Gasteiger partial charge in [-0.15, -0.1) is 0 Å². The molecule has 0 bridgehead atoms. The van der Waals surface area contributed by atoms with Crippen LogP contribution in [0.2, 0.25) is 0 Å². The molecule has 0 radical (unpaired) electrons. The number of rotatable bonds is 5. The molecule has 0 saturated carbocycles. The largest absolute Gasteiger partial charge is 0.313 e. The summed E-state index contributed by atoms with van der Waals surface area (Å²) in [5.41, 5.74) is 3.52. The molecule has 0 saturated heterocycles. The van der Waals surface area contributed by atoms with Gasteiger partial charge in [-0.1, -0.05) is 43.3 Å². The molecular weight excluding hydrogens is 289 g/mol. The number of benzene rings is 2. The average Bonchev–Trinajstić information content (AvgIpc) is 2.91. The van der Waals surface area contributed by atoms with Crippen molar-refractivity contribution in [3.8, 4) is 0 Å². The van der Waals surface area contributed by atoms with E-state index in [-0.39, 0.29) is 29.5 Å². The Morgan fingerprint density at radius 1 is 1.22 bits per heavy atom. The monoisotopic (exact) mass is 311 g/mol. The SMILES string of the molecule is CN[C@@H]1c2ccccc2C[C@H]1CC(=O)[C@H](C)c1ccc(F)cc1. The fourth-order valence-corrected chi connectivity index (χ4v) is 3.63. The molecule has 0 heterocycles. The van der Waals surface area contributed by atoms with Gasteiger partial charge < -0.3 is 5.32 Å². The maximum atomic E-state index is 13.0. The number of ketones is 1. The summed E-state index contributed by atoms with van der Waals surface area (Å²) in [4.78, 5) is 12.7. The summed E-state index contributed by atoms with van der Waals surface area (Å²) in [7, 11) is 1.95. The van der Waals surface area contributed by atoms with E-state index in [2.05, 4.69) is 29.6 Å². The van der Waals surface area contributed by atoms with Crippen LogP contribution < -0.4 is 5.32 Å². The van der Waals surface area contributed by atoms with Crippen molar-refractivity contribution in [2.24, 2.45) is 5.92 Å². The molecule has 0 amide bonds. The summed E-state index contributed by atoms with van der Waals surface area (Å²) in [6.45, 7) is 1.91. The van der Waals surface area contributed by atoms with Gasteiger partial charge in [0, 0.05) is 18.4 Å². The van der Waals surface area contributed by atoms with Gasteiger partial charge in [-0.25, -0.2) is 4.39 Å². The fraction of sp³-hybridized carbons (Fsp3) is 0.350. The van der Waals surface area contributed by atoms with E-state index < -0.39 is 0 Å². The number of carbonyl (C=O) groups excluding carboxylic acids is 1. The number of halogens is 1. The van der Waals surface area contributed by atoms with Gasteiger partial charge in [0.2, 0.25) is 0 Å². The molecule has 1 N–H and O–H groups in total. The molecule has 1 aliphatic carbocycles. The summed E-state index contributed by atoms with van der Waals surface area (Å²) in [6.07, 6.45) is 1.47. The normalized spacial score (nSPS) is 21.0. The van der Waals surface area contributed by atoms with Gasteiger partial charge >= 0.3 is 0 Å². The van der Waals surface area contributed by atoms with E-state index in [4.69, 9.17) is 0 Å². The summed E-state index contributed by atoms with van der Waals surface area (Å²) < 4.78 is 13.0. The van der Waals surface area contributed by atoms with Crippen LogP contribution in [-0.4, -0.2) is 12.8 Å². The zero-order valence-electron chi connectivity index (χ0n) is 13.6. The maximum absolute atomic E-state index is 13.0. The highest BCUT2D eigenvalue weighted by atomic mass is 19.1. The van der Waals surface area contributed by atoms with Crippen molar-refractivity contribution >= 4 is 5.78 Å². The molecule has 3 heteroatoms. The van der Waals surface area contributed by atoms with E-state index in [0.29, 0.717) is 6.42 Å². The van der Waals surface area contributed by atoms with E-state index in [1.807, 2.05) is 14.0 Å². The lowest BCUT2D eigenvalue weighted by Crippen LogP contribution is -2.25. The van der Waals surface area contributed by atoms with E-state index >= 15 is 0 Å². The highest BCUT2D eigenvalue weighted by Crippen LogP contribution is 2.38. The highest BCUT2D eigenvalue weighted by molar-refractivity contribution is 5.85. The molecule has 3 atom stereocenters. The Morgan fingerprint density at radius 2 is 1.91 bits per heavy atom. The van der Waals surface area contributed by atoms with Crippen LogP contribution in [-0.2, 0) is 11.2 Å². The quantitative estimate of drug-likeness (QED) is 0.903. The number of carbonyl (C=O) groups is 1. The van der Waals surface area contributed by atoms with Crippen molar-refractivity contribution in [1.29, 1.82) is 0 Å². The minimum atomic E-state index is -0.269. The van der Waals surface area contributed by atoms with Crippen molar-refractivity contribution in [2.45, 2.75) is 31.7 Å². The molecular formula is C20H22FNO. The summed E-state index contributed by atoms with van der Waals surface area (Å²) >= 11 is 0. The first kappa shape index (κ1) is 15.9. The van der Waals surface area contributed by atoms with Crippen molar-refractivity contribution in [1.82, 2.24) is 5.32 Å². The fourth-order valence-electron chi connectivity index (χ4n) is 3.63. The van der Waals surface area contributed by atoms with Crippen molar-refractivity contribution in [3.05, 3.63) is 71.0 Å². The van der Waals surface area contributed by atoms with Crippen molar-refractivity contribution in [2.75, 3.05) is 7.05 Å². The standard InChI is InChI=1S/C20H22FNO/c1-13(14-7-9-17(21)10-8-14)19(23)12-16-11-15-5-3-4-6-18(15)20(16)22-2/h3-10,13,16,20,22H,11-12H2,1-2H3/t13-,16+,20+/m1/s1. The van der Waals surface area contributed by atoms with Crippen LogP contribution in [0.5, 0.6) is 0 Å². The van der Waals surface area contributed by atoms with Gasteiger partial charge in [0.25, 0.3) is 0 Å². The minimum Gasteiger partial charge on any atom is -0.313 e. The minimum absolute atomic E-state index is 0.197. The Hall–Kier alpha value is -2.00. The second-order valence-corrected chi connectivity index (χ2v) is 6.37. The zero-order chi connectivity index (χ0) is 16.4. The van der Waals surface area contributed by atoms with Crippen molar-refractivity contribution < 1.29 is 9.18 Å². The Bertz CT molecular complexity index is 695. The van der Waals surface area contributed by atoms with Crippen LogP contribution in [0, 0.1) is 11.7 Å². The molecule has 3 rings (SSSR count). The van der Waals surface area contributed by atoms with Gasteiger partial charge in [-0.05, 0) is 48.2 Å². The molecule has 0 aromatic heterocycles. The second kappa shape index (κ2) is 6.63. The summed E-state index contributed by atoms with van der Waals surface area (Å²) in [6, 6.07) is 14.9. The number of nitrogens with one attached hydrogen (secondary N) is 1. The Labute approximate surface area is 136 Å². The van der Waals surface area contributed by atoms with E-state index in [1.165, 1.54) is 23.3 Å². The molecule has 2 nitrogen and oxygen atoms in total. The molecule has 0 fully saturated rings. The Balaban J connectivity index is 1.72. The first-order valence-corrected chi connectivity index (χ1v) is 8.13. The molecule has 1 aliphatic rings. The van der Waals surface area contributed by atoms with E-state index in [9.17, 15) is 9.18 Å². The van der Waals surface area contributed by atoms with Crippen LogP contribution in [0.25, 0.3) is 0 Å². The van der Waals surface area contributed by atoms with E-state index in [0.717, 1.165) is 12.0 Å². The topological polar surface area (TPSA) is 29.1 Å². The molecule has 2 aromatic rings. The Morgan fingerprint density at radius 3 is 2.61 bits per heavy atom. The van der Waals surface area contributed by atoms with Crippen LogP contribution in [0.1, 0.15) is 42.0 Å². The number of Topliss-reactive ketones (excluding diaryl/α,β-unsaturated/α-hetero) is 1. The summed E-state index contributed by atoms with van der Waals surface area (Å²) in [5, 5.41) is 3.36. The molecule has 0 spiro atoms. The maximum Gasteiger partial charge on any atom is 0.140 e. The summed E-state index contributed by atoms with van der Waals surface area (Å²) in [5.74, 6) is 0.0363. The van der Waals surface area contributed by atoms with Gasteiger partial charge in [0.1, 0.15) is 11.6 Å². The molecule has 120 valence electrons. The number of hydrogen-bond acceptors (Lipinski definition) is 2. The third-order valence-corrected chi connectivity index (χ3v) is 4.97. The molecule has 0 unspecified atom stereocenters. The van der Waals surface area contributed by atoms with Gasteiger partial charge in [-0.2, -0.15) is 0 Å². The molecule has 23 heavy (non-hydrogen) atoms. The second-order valence-electron chi connectivity index (χ2n) is 6.37. The predicted molar refractivity (Wildman–Crippen MR) is 89.9 cm³/mol. The third-order valence-electron chi connectivity index (χ3n) is 4.97. The smallest absolute Gasteiger partial charge is 0.140 e. The zero-order valence-corrected chi connectivity index (χ0v) is 13.6. The lowest BCUT2D eigenvalue weighted by Gasteiger charge is -2.21. The van der Waals surface area contributed by atoms with Crippen LogP contribution in [0.4, 0.5) is 4.39 Å². The highest BCUT2D eigenvalue weighted by Gasteiger charge is 2.33. The van der Waals surface area contributed by atoms with Gasteiger partial charge in [0.05, 0.1) is 0 Å². The lowest BCUT2D eigenvalue weighted by atomic mass is 9.87. The van der Waals surface area contributed by atoms with Crippen LogP contribution in [0.15, 0.2) is 48.5 Å². The first-order valence-electron chi connectivity index (χ1n) is 8.13. The molecule has 0 aliphatic heterocycles. The van der Waals surface area contributed by atoms with Crippen molar-refractivity contribution in [3.63, 3.8) is 0 Å². The van der Waals surface area contributed by atoms with E-state index in [1.54, 1.807) is 12.1 Å². The third kappa shape index (κ3) is 3.20. The lowest BCUT2D eigenvalue weighted by molar-refractivity contribution is -0.121. The van der Waals surface area contributed by atoms with Gasteiger partial charge in [-0.3, -0.25) is 4.79 Å². The van der Waals surface area contributed by atoms with Crippen LogP contribution in [0.3, 0.4) is 0 Å².